The average Bonchev–Trinajstić information content (AvgIpc) is 3.27. The number of nitrogens with zero attached hydrogens (tertiary/aromatic N) is 6. The zero-order valence-corrected chi connectivity index (χ0v) is 18.5. The summed E-state index contributed by atoms with van der Waals surface area (Å²) in [6.07, 6.45) is 6.25. The highest BCUT2D eigenvalue weighted by Gasteiger charge is 2.21. The Kier molecular flexibility index (Phi) is 5.78. The molecule has 4 heterocycles. The molecule has 11 heteroatoms. The minimum absolute atomic E-state index is 0.0121. The monoisotopic (exact) mass is 468 g/mol. The van der Waals surface area contributed by atoms with Gasteiger partial charge in [-0.25, -0.2) is 4.98 Å². The van der Waals surface area contributed by atoms with Gasteiger partial charge in [0.15, 0.2) is 0 Å². The lowest BCUT2D eigenvalue weighted by molar-refractivity contribution is -0.111. The van der Waals surface area contributed by atoms with Crippen LogP contribution in [-0.2, 0) is 16.1 Å². The van der Waals surface area contributed by atoms with Crippen molar-refractivity contribution in [2.75, 3.05) is 23.8 Å². The first-order chi connectivity index (χ1) is 17.0. The van der Waals surface area contributed by atoms with Crippen molar-refractivity contribution >= 4 is 34.3 Å². The highest BCUT2D eigenvalue weighted by Crippen LogP contribution is 2.21. The summed E-state index contributed by atoms with van der Waals surface area (Å²) < 4.78 is 8.44. The minimum Gasteiger partial charge on any atom is -0.377 e. The predicted molar refractivity (Wildman–Crippen MR) is 128 cm³/mol. The van der Waals surface area contributed by atoms with E-state index < -0.39 is 5.56 Å². The fourth-order valence-corrected chi connectivity index (χ4v) is 3.68. The molecule has 1 aliphatic rings. The second-order valence-corrected chi connectivity index (χ2v) is 7.95. The Morgan fingerprint density at radius 3 is 2.89 bits per heavy atom. The van der Waals surface area contributed by atoms with E-state index in [-0.39, 0.29) is 30.0 Å². The quantitative estimate of drug-likeness (QED) is 0.394. The summed E-state index contributed by atoms with van der Waals surface area (Å²) in [4.78, 5) is 33.6. The van der Waals surface area contributed by atoms with Crippen LogP contribution in [0.2, 0.25) is 0 Å². The third-order valence-corrected chi connectivity index (χ3v) is 5.52. The van der Waals surface area contributed by atoms with E-state index >= 15 is 0 Å². The Balaban J connectivity index is 1.50. The summed E-state index contributed by atoms with van der Waals surface area (Å²) in [7, 11) is 0. The highest BCUT2D eigenvalue weighted by atomic mass is 16.5. The van der Waals surface area contributed by atoms with Crippen LogP contribution < -0.4 is 16.2 Å². The fourth-order valence-electron chi connectivity index (χ4n) is 3.68. The van der Waals surface area contributed by atoms with Gasteiger partial charge in [0.05, 0.1) is 37.7 Å². The molecule has 3 aromatic heterocycles. The van der Waals surface area contributed by atoms with Gasteiger partial charge < -0.3 is 15.4 Å². The van der Waals surface area contributed by atoms with Crippen LogP contribution in [0.15, 0.2) is 66.4 Å². The number of rotatable bonds is 7. The van der Waals surface area contributed by atoms with E-state index in [4.69, 9.17) is 4.74 Å². The van der Waals surface area contributed by atoms with Gasteiger partial charge in [0.2, 0.25) is 11.9 Å². The molecule has 0 bridgehead atoms. The number of hydrogen-bond acceptors (Lipinski definition) is 8. The number of pyridine rings is 1. The lowest BCUT2D eigenvalue weighted by atomic mass is 10.1. The van der Waals surface area contributed by atoms with Crippen LogP contribution in [0.25, 0.3) is 11.0 Å². The maximum Gasteiger partial charge on any atom is 0.270 e. The van der Waals surface area contributed by atoms with Crippen LogP contribution in [0.3, 0.4) is 0 Å². The Bertz CT molecular complexity index is 1540. The Morgan fingerprint density at radius 2 is 2.14 bits per heavy atom. The molecule has 0 saturated carbocycles. The molecule has 35 heavy (non-hydrogen) atoms. The van der Waals surface area contributed by atoms with E-state index in [1.807, 2.05) is 23.0 Å². The topological polar surface area (TPSA) is 140 Å². The van der Waals surface area contributed by atoms with Crippen molar-refractivity contribution in [1.82, 2.24) is 24.3 Å². The number of ether oxygens (including phenoxy) is 1. The van der Waals surface area contributed by atoms with Crippen molar-refractivity contribution in [2.24, 2.45) is 0 Å². The molecule has 4 aromatic rings. The number of anilines is 3. The zero-order chi connectivity index (χ0) is 24.4. The third kappa shape index (κ3) is 4.50. The highest BCUT2D eigenvalue weighted by molar-refractivity contribution is 5.98. The van der Waals surface area contributed by atoms with Gasteiger partial charge in [-0.1, -0.05) is 18.7 Å². The second-order valence-electron chi connectivity index (χ2n) is 7.95. The smallest absolute Gasteiger partial charge is 0.270 e. The molecule has 1 aromatic carbocycles. The molecule has 1 aliphatic heterocycles. The summed E-state index contributed by atoms with van der Waals surface area (Å²) >= 11 is 0. The largest absolute Gasteiger partial charge is 0.377 e. The summed E-state index contributed by atoms with van der Waals surface area (Å²) in [6, 6.07) is 10.7. The van der Waals surface area contributed by atoms with Gasteiger partial charge in [0.1, 0.15) is 17.3 Å². The van der Waals surface area contributed by atoms with Crippen molar-refractivity contribution in [3.05, 3.63) is 83.1 Å². The molecule has 1 amide bonds. The van der Waals surface area contributed by atoms with Gasteiger partial charge in [-0.3, -0.25) is 18.8 Å². The molecule has 0 radical (unpaired) electrons. The van der Waals surface area contributed by atoms with Crippen LogP contribution in [0.4, 0.5) is 17.3 Å². The molecular weight excluding hydrogens is 448 g/mol. The summed E-state index contributed by atoms with van der Waals surface area (Å²) in [5.41, 5.74) is 1.88. The normalized spacial score (nSPS) is 13.1. The number of amides is 1. The van der Waals surface area contributed by atoms with E-state index in [2.05, 4.69) is 32.3 Å². The Hall–Kier alpha value is -4.82. The van der Waals surface area contributed by atoms with E-state index in [9.17, 15) is 14.9 Å². The van der Waals surface area contributed by atoms with Crippen LogP contribution in [0.1, 0.15) is 17.2 Å². The second kappa shape index (κ2) is 9.20. The van der Waals surface area contributed by atoms with Crippen LogP contribution in [-0.4, -0.2) is 43.4 Å². The molecule has 0 atom stereocenters. The van der Waals surface area contributed by atoms with E-state index in [0.29, 0.717) is 35.6 Å². The number of benzene rings is 1. The van der Waals surface area contributed by atoms with Gasteiger partial charge in [-0.2, -0.15) is 15.3 Å². The Labute approximate surface area is 199 Å². The number of fused-ring (bicyclic) bond motifs is 1. The van der Waals surface area contributed by atoms with Crippen LogP contribution in [0.5, 0.6) is 0 Å². The standard InChI is InChI=1S/C24H20N8O3/c1-2-21(33)28-18-5-3-4-15(6-18)11-31-22-17(7-16(8-25)23(31)34)9-26-24(30-22)29-19-10-27-32(12-19)20-13-35-14-20/h2-7,9-10,12,20H,1,11,13-14H2,(H,28,33)(H,26,29,30). The van der Waals surface area contributed by atoms with Crippen molar-refractivity contribution in [2.45, 2.75) is 12.6 Å². The molecule has 1 fully saturated rings. The van der Waals surface area contributed by atoms with Crippen molar-refractivity contribution in [1.29, 1.82) is 5.26 Å². The SMILES string of the molecule is C=CC(=O)Nc1cccc(Cn2c(=O)c(C#N)cc3cnc(Nc4cnn(C5COC5)c4)nc32)c1. The molecule has 1 saturated heterocycles. The van der Waals surface area contributed by atoms with Crippen LogP contribution in [0, 0.1) is 11.3 Å². The molecule has 0 aliphatic carbocycles. The minimum atomic E-state index is -0.469. The molecular formula is C24H20N8O3. The number of hydrogen-bond donors (Lipinski definition) is 2. The number of nitrogens with one attached hydrogen (secondary N) is 2. The van der Waals surface area contributed by atoms with Crippen molar-refractivity contribution in [3.63, 3.8) is 0 Å². The van der Waals surface area contributed by atoms with E-state index in [0.717, 1.165) is 5.56 Å². The molecule has 174 valence electrons. The first-order valence-corrected chi connectivity index (χ1v) is 10.8. The van der Waals surface area contributed by atoms with Gasteiger partial charge in [0.25, 0.3) is 5.56 Å². The number of nitriles is 1. The van der Waals surface area contributed by atoms with Gasteiger partial charge in [-0.05, 0) is 29.8 Å². The third-order valence-electron chi connectivity index (χ3n) is 5.52. The van der Waals surface area contributed by atoms with E-state index in [1.54, 1.807) is 30.6 Å². The van der Waals surface area contributed by atoms with Gasteiger partial charge >= 0.3 is 0 Å². The molecule has 5 rings (SSSR count). The number of carbonyl (C=O) groups excluding carboxylic acids is 1. The summed E-state index contributed by atoms with van der Waals surface area (Å²) in [5, 5.41) is 20.2. The Morgan fingerprint density at radius 1 is 1.29 bits per heavy atom. The average molecular weight is 468 g/mol. The maximum atomic E-state index is 13.1. The van der Waals surface area contributed by atoms with E-state index in [1.165, 1.54) is 16.7 Å². The molecule has 11 nitrogen and oxygen atoms in total. The van der Waals surface area contributed by atoms with Crippen molar-refractivity contribution < 1.29 is 9.53 Å². The first kappa shape index (κ1) is 22.0. The molecule has 0 spiro atoms. The fraction of sp³-hybridized carbons (Fsp3) is 0.167. The molecule has 2 N–H and O–H groups in total. The zero-order valence-electron chi connectivity index (χ0n) is 18.5. The van der Waals surface area contributed by atoms with Crippen LogP contribution >= 0.6 is 0 Å². The molecule has 0 unspecified atom stereocenters. The lowest BCUT2D eigenvalue weighted by Crippen LogP contribution is -2.30. The first-order valence-electron chi connectivity index (χ1n) is 10.8. The van der Waals surface area contributed by atoms with Gasteiger partial charge in [0, 0.05) is 23.5 Å². The summed E-state index contributed by atoms with van der Waals surface area (Å²) in [6.45, 7) is 4.83. The number of aromatic nitrogens is 5. The predicted octanol–water partition coefficient (Wildman–Crippen LogP) is 2.35. The van der Waals surface area contributed by atoms with Gasteiger partial charge in [-0.15, -0.1) is 0 Å². The van der Waals surface area contributed by atoms with Crippen molar-refractivity contribution in [3.8, 4) is 6.07 Å². The maximum absolute atomic E-state index is 13.1. The lowest BCUT2D eigenvalue weighted by Gasteiger charge is -2.25. The summed E-state index contributed by atoms with van der Waals surface area (Å²) in [5.74, 6) is -0.0559. The number of carbonyl (C=O) groups is 1.